The van der Waals surface area contributed by atoms with Crippen molar-refractivity contribution in [1.82, 2.24) is 0 Å². The second kappa shape index (κ2) is 7.20. The fourth-order valence-electron chi connectivity index (χ4n) is 2.65. The van der Waals surface area contributed by atoms with E-state index >= 15 is 0 Å². The summed E-state index contributed by atoms with van der Waals surface area (Å²) in [4.78, 5) is 0. The topological polar surface area (TPSA) is 47.9 Å². The van der Waals surface area contributed by atoms with Gasteiger partial charge in [0.15, 0.2) is 0 Å². The molecule has 120 valence electrons. The number of rotatable bonds is 7. The van der Waals surface area contributed by atoms with Crippen molar-refractivity contribution >= 4 is 0 Å². The zero-order valence-corrected chi connectivity index (χ0v) is 12.9. The van der Waals surface area contributed by atoms with Crippen molar-refractivity contribution in [3.8, 4) is 17.2 Å². The Morgan fingerprint density at radius 2 is 1.91 bits per heavy atom. The van der Waals surface area contributed by atoms with Crippen LogP contribution in [0.15, 0.2) is 61.2 Å². The first kappa shape index (κ1) is 15.4. The molecule has 4 heteroatoms. The van der Waals surface area contributed by atoms with Gasteiger partial charge in [-0.2, -0.15) is 0 Å². The van der Waals surface area contributed by atoms with Gasteiger partial charge < -0.3 is 19.3 Å². The molecular weight excluding hydrogens is 292 g/mol. The molecule has 0 unspecified atom stereocenters. The molecule has 2 aromatic carbocycles. The molecule has 1 aliphatic heterocycles. The predicted octanol–water partition coefficient (Wildman–Crippen LogP) is 3.51. The highest BCUT2D eigenvalue weighted by atomic mass is 16.6. The first-order valence-electron chi connectivity index (χ1n) is 7.68. The molecule has 23 heavy (non-hydrogen) atoms. The van der Waals surface area contributed by atoms with Crippen molar-refractivity contribution in [1.29, 1.82) is 0 Å². The molecule has 0 amide bonds. The molecule has 0 saturated carbocycles. The lowest BCUT2D eigenvalue weighted by atomic mass is 9.97. The van der Waals surface area contributed by atoms with E-state index in [2.05, 4.69) is 6.58 Å². The summed E-state index contributed by atoms with van der Waals surface area (Å²) in [7, 11) is 0. The van der Waals surface area contributed by atoms with E-state index in [4.69, 9.17) is 14.2 Å². The summed E-state index contributed by atoms with van der Waals surface area (Å²) in [5.41, 5.74) is 0.954. The number of ether oxygens (including phenoxy) is 3. The summed E-state index contributed by atoms with van der Waals surface area (Å²) in [6.07, 6.45) is 1.51. The third kappa shape index (κ3) is 3.66. The van der Waals surface area contributed by atoms with Crippen LogP contribution in [0.3, 0.4) is 0 Å². The lowest BCUT2D eigenvalue weighted by molar-refractivity contribution is -0.0222. The highest BCUT2D eigenvalue weighted by Crippen LogP contribution is 2.41. The Hall–Kier alpha value is -2.46. The van der Waals surface area contributed by atoms with Gasteiger partial charge in [0.25, 0.3) is 0 Å². The van der Waals surface area contributed by atoms with E-state index in [1.807, 2.05) is 48.5 Å². The molecule has 2 aromatic rings. The summed E-state index contributed by atoms with van der Waals surface area (Å²) in [5, 5.41) is 10.1. The van der Waals surface area contributed by atoms with Crippen LogP contribution in [0.25, 0.3) is 0 Å². The van der Waals surface area contributed by atoms with E-state index in [0.29, 0.717) is 25.4 Å². The monoisotopic (exact) mass is 312 g/mol. The zero-order valence-electron chi connectivity index (χ0n) is 12.9. The van der Waals surface area contributed by atoms with Crippen LogP contribution in [0.2, 0.25) is 0 Å². The maximum Gasteiger partial charge on any atom is 0.204 e. The highest BCUT2D eigenvalue weighted by molar-refractivity contribution is 5.45. The number of para-hydroxylation sites is 1. The first-order valence-corrected chi connectivity index (χ1v) is 7.68. The standard InChI is InChI=1S/C19H20O4/c1-2-11-21-15-8-9-18-17(13-15)16(19(20)23-18)10-12-22-14-6-4-3-5-7-14/h2-9,13,16,19-20H,1,10-12H2/t16-,19-/m0/s1. The maximum atomic E-state index is 10.1. The maximum absolute atomic E-state index is 10.1. The molecule has 0 spiro atoms. The van der Waals surface area contributed by atoms with Gasteiger partial charge in [0.1, 0.15) is 23.9 Å². The van der Waals surface area contributed by atoms with Gasteiger partial charge in [0, 0.05) is 5.56 Å². The Morgan fingerprint density at radius 1 is 1.09 bits per heavy atom. The summed E-state index contributed by atoms with van der Waals surface area (Å²) in [6.45, 7) is 4.59. The van der Waals surface area contributed by atoms with Crippen molar-refractivity contribution in [2.45, 2.75) is 18.6 Å². The smallest absolute Gasteiger partial charge is 0.204 e. The minimum atomic E-state index is -0.848. The Morgan fingerprint density at radius 3 is 2.70 bits per heavy atom. The van der Waals surface area contributed by atoms with Crippen LogP contribution >= 0.6 is 0 Å². The summed E-state index contributed by atoms with van der Waals surface area (Å²) in [6, 6.07) is 15.2. The van der Waals surface area contributed by atoms with E-state index in [1.165, 1.54) is 0 Å². The molecule has 0 aliphatic carbocycles. The third-order valence-electron chi connectivity index (χ3n) is 3.78. The van der Waals surface area contributed by atoms with E-state index in [9.17, 15) is 5.11 Å². The van der Waals surface area contributed by atoms with Gasteiger partial charge >= 0.3 is 0 Å². The molecule has 1 heterocycles. The molecular formula is C19H20O4. The number of hydrogen-bond donors (Lipinski definition) is 1. The number of benzene rings is 2. The van der Waals surface area contributed by atoms with E-state index in [0.717, 1.165) is 17.1 Å². The average molecular weight is 312 g/mol. The Kier molecular flexibility index (Phi) is 4.83. The van der Waals surface area contributed by atoms with E-state index < -0.39 is 6.29 Å². The summed E-state index contributed by atoms with van der Waals surface area (Å²) in [5.74, 6) is 2.15. The number of aliphatic hydroxyl groups is 1. The lowest BCUT2D eigenvalue weighted by Gasteiger charge is -2.14. The molecule has 0 radical (unpaired) electrons. The molecule has 1 aliphatic rings. The fraction of sp³-hybridized carbons (Fsp3) is 0.263. The van der Waals surface area contributed by atoms with Gasteiger partial charge in [-0.15, -0.1) is 0 Å². The van der Waals surface area contributed by atoms with Gasteiger partial charge in [-0.25, -0.2) is 0 Å². The predicted molar refractivity (Wildman–Crippen MR) is 88.1 cm³/mol. The Bertz CT molecular complexity index is 654. The summed E-state index contributed by atoms with van der Waals surface area (Å²) >= 11 is 0. The van der Waals surface area contributed by atoms with Crippen LogP contribution in [0.5, 0.6) is 17.2 Å². The number of fused-ring (bicyclic) bond motifs is 1. The minimum Gasteiger partial charge on any atom is -0.494 e. The van der Waals surface area contributed by atoms with Crippen LogP contribution < -0.4 is 14.2 Å². The second-order valence-electron chi connectivity index (χ2n) is 5.36. The Balaban J connectivity index is 1.65. The zero-order chi connectivity index (χ0) is 16.1. The molecule has 0 aromatic heterocycles. The van der Waals surface area contributed by atoms with Crippen LogP contribution in [0.1, 0.15) is 17.9 Å². The average Bonchev–Trinajstić information content (AvgIpc) is 2.89. The summed E-state index contributed by atoms with van der Waals surface area (Å²) < 4.78 is 16.8. The van der Waals surface area contributed by atoms with E-state index in [-0.39, 0.29) is 5.92 Å². The fourth-order valence-corrected chi connectivity index (χ4v) is 2.65. The van der Waals surface area contributed by atoms with Crippen molar-refractivity contribution in [3.63, 3.8) is 0 Å². The third-order valence-corrected chi connectivity index (χ3v) is 3.78. The largest absolute Gasteiger partial charge is 0.494 e. The Labute approximate surface area is 135 Å². The molecule has 1 N–H and O–H groups in total. The first-order chi connectivity index (χ1) is 11.3. The van der Waals surface area contributed by atoms with Crippen LogP contribution in [0.4, 0.5) is 0 Å². The van der Waals surface area contributed by atoms with Crippen molar-refractivity contribution < 1.29 is 19.3 Å². The molecule has 0 bridgehead atoms. The van der Waals surface area contributed by atoms with Gasteiger partial charge in [0.2, 0.25) is 6.29 Å². The van der Waals surface area contributed by atoms with Crippen LogP contribution in [-0.2, 0) is 0 Å². The van der Waals surface area contributed by atoms with Crippen LogP contribution in [-0.4, -0.2) is 24.6 Å². The molecule has 3 rings (SSSR count). The minimum absolute atomic E-state index is 0.124. The quantitative estimate of drug-likeness (QED) is 0.795. The van der Waals surface area contributed by atoms with E-state index in [1.54, 1.807) is 6.08 Å². The second-order valence-corrected chi connectivity index (χ2v) is 5.36. The lowest BCUT2D eigenvalue weighted by Crippen LogP contribution is -2.19. The molecule has 2 atom stereocenters. The normalized spacial score (nSPS) is 18.8. The van der Waals surface area contributed by atoms with Crippen molar-refractivity contribution in [2.75, 3.05) is 13.2 Å². The molecule has 0 saturated heterocycles. The van der Waals surface area contributed by atoms with Crippen molar-refractivity contribution in [3.05, 3.63) is 66.7 Å². The molecule has 0 fully saturated rings. The van der Waals surface area contributed by atoms with Crippen LogP contribution in [0, 0.1) is 0 Å². The van der Waals surface area contributed by atoms with Crippen molar-refractivity contribution in [2.24, 2.45) is 0 Å². The van der Waals surface area contributed by atoms with Gasteiger partial charge in [-0.3, -0.25) is 0 Å². The highest BCUT2D eigenvalue weighted by Gasteiger charge is 2.33. The van der Waals surface area contributed by atoms with Gasteiger partial charge in [-0.05, 0) is 36.8 Å². The van der Waals surface area contributed by atoms with Gasteiger partial charge in [-0.1, -0.05) is 30.9 Å². The molecule has 4 nitrogen and oxygen atoms in total. The number of aliphatic hydroxyl groups excluding tert-OH is 1. The SMILES string of the molecule is C=CCOc1ccc2c(c1)[C@H](CCOc1ccccc1)[C@@H](O)O2. The number of hydrogen-bond acceptors (Lipinski definition) is 4. The van der Waals surface area contributed by atoms with Gasteiger partial charge in [0.05, 0.1) is 12.5 Å².